The Balaban J connectivity index is 1.36. The van der Waals surface area contributed by atoms with Crippen LogP contribution in [0.2, 0.25) is 0 Å². The Kier molecular flexibility index (Phi) is 7.07. The smallest absolute Gasteiger partial charge is 0.411 e. The summed E-state index contributed by atoms with van der Waals surface area (Å²) in [5.41, 5.74) is 1.97. The zero-order valence-electron chi connectivity index (χ0n) is 17.9. The number of halogens is 1. The van der Waals surface area contributed by atoms with Crippen LogP contribution in [0, 0.1) is 5.82 Å². The number of pyridine rings is 1. The normalized spacial score (nSPS) is 14.3. The van der Waals surface area contributed by atoms with E-state index >= 15 is 0 Å². The highest BCUT2D eigenvalue weighted by Gasteiger charge is 2.14. The van der Waals surface area contributed by atoms with E-state index in [4.69, 9.17) is 4.74 Å². The summed E-state index contributed by atoms with van der Waals surface area (Å²) in [6, 6.07) is 12.2. The second kappa shape index (κ2) is 10.3. The van der Waals surface area contributed by atoms with Gasteiger partial charge in [0, 0.05) is 34.9 Å². The molecule has 2 heterocycles. The lowest BCUT2D eigenvalue weighted by Gasteiger charge is -2.26. The predicted molar refractivity (Wildman–Crippen MR) is 121 cm³/mol. The molecule has 3 aromatic rings. The number of nitrogens with zero attached hydrogens (tertiary/aromatic N) is 2. The molecule has 1 aromatic heterocycles. The third-order valence-electron chi connectivity index (χ3n) is 5.64. The van der Waals surface area contributed by atoms with Gasteiger partial charge < -0.3 is 9.64 Å². The van der Waals surface area contributed by atoms with Crippen LogP contribution < -0.4 is 5.32 Å². The van der Waals surface area contributed by atoms with E-state index in [2.05, 4.69) is 15.2 Å². The lowest BCUT2D eigenvalue weighted by molar-refractivity contribution is 0.104. The second-order valence-electron chi connectivity index (χ2n) is 7.94. The summed E-state index contributed by atoms with van der Waals surface area (Å²) < 4.78 is 18.5. The van der Waals surface area contributed by atoms with Crippen LogP contribution in [0.3, 0.4) is 0 Å². The van der Waals surface area contributed by atoms with Gasteiger partial charge >= 0.3 is 6.09 Å². The number of rotatable bonds is 7. The topological polar surface area (TPSA) is 71.5 Å². The van der Waals surface area contributed by atoms with Crippen molar-refractivity contribution in [3.05, 3.63) is 71.7 Å². The SMILES string of the molecule is O=C(Nc1ccc2c(C(=O)c3ccc(F)cc3)ccnc2c1)OCCCN1CCCCC1. The summed E-state index contributed by atoms with van der Waals surface area (Å²) in [4.78, 5) is 31.7. The summed E-state index contributed by atoms with van der Waals surface area (Å²) in [7, 11) is 0. The largest absolute Gasteiger partial charge is 0.449 e. The first kappa shape index (κ1) is 21.9. The second-order valence-corrected chi connectivity index (χ2v) is 7.94. The summed E-state index contributed by atoms with van der Waals surface area (Å²) in [5, 5.41) is 3.37. The van der Waals surface area contributed by atoms with Crippen molar-refractivity contribution >= 4 is 28.5 Å². The molecular formula is C25H26FN3O3. The number of amides is 1. The van der Waals surface area contributed by atoms with Crippen LogP contribution in [-0.2, 0) is 4.74 Å². The fourth-order valence-electron chi connectivity index (χ4n) is 3.97. The van der Waals surface area contributed by atoms with Gasteiger partial charge in [-0.1, -0.05) is 6.42 Å². The van der Waals surface area contributed by atoms with Gasteiger partial charge in [-0.05, 0) is 80.9 Å². The molecule has 6 nitrogen and oxygen atoms in total. The van der Waals surface area contributed by atoms with Gasteiger partial charge in [0.2, 0.25) is 0 Å². The van der Waals surface area contributed by atoms with Crippen molar-refractivity contribution in [1.29, 1.82) is 0 Å². The van der Waals surface area contributed by atoms with Gasteiger partial charge in [-0.15, -0.1) is 0 Å². The van der Waals surface area contributed by atoms with Gasteiger partial charge in [0.05, 0.1) is 12.1 Å². The van der Waals surface area contributed by atoms with Crippen LogP contribution in [-0.4, -0.2) is 48.0 Å². The highest BCUT2D eigenvalue weighted by atomic mass is 19.1. The first-order valence-corrected chi connectivity index (χ1v) is 11.0. The van der Waals surface area contributed by atoms with Gasteiger partial charge in [0.15, 0.2) is 5.78 Å². The zero-order valence-corrected chi connectivity index (χ0v) is 17.9. The Labute approximate surface area is 186 Å². The molecule has 7 heteroatoms. The molecular weight excluding hydrogens is 409 g/mol. The molecule has 0 aliphatic carbocycles. The van der Waals surface area contributed by atoms with Gasteiger partial charge in [0.25, 0.3) is 0 Å². The monoisotopic (exact) mass is 435 g/mol. The molecule has 166 valence electrons. The molecule has 0 radical (unpaired) electrons. The molecule has 1 amide bonds. The molecule has 0 atom stereocenters. The standard InChI is InChI=1S/C25H26FN3O3/c26-19-7-5-18(6-8-19)24(30)22-11-12-27-23-17-20(9-10-21(22)23)28-25(31)32-16-4-15-29-13-2-1-3-14-29/h5-12,17H,1-4,13-16H2,(H,28,31). The number of fused-ring (bicyclic) bond motifs is 1. The molecule has 0 bridgehead atoms. The molecule has 4 rings (SSSR count). The molecule has 1 fully saturated rings. The number of aromatic nitrogens is 1. The number of carbonyl (C=O) groups excluding carboxylic acids is 2. The van der Waals surface area contributed by atoms with E-state index in [0.717, 1.165) is 26.1 Å². The van der Waals surface area contributed by atoms with Crippen LogP contribution in [0.5, 0.6) is 0 Å². The number of anilines is 1. The number of carbonyl (C=O) groups is 2. The van der Waals surface area contributed by atoms with Gasteiger partial charge in [-0.3, -0.25) is 15.1 Å². The number of ketones is 1. The fraction of sp³-hybridized carbons (Fsp3) is 0.320. The molecule has 2 aromatic carbocycles. The molecule has 1 N–H and O–H groups in total. The molecule has 1 aliphatic rings. The highest BCUT2D eigenvalue weighted by Crippen LogP contribution is 2.23. The Morgan fingerprint density at radius 2 is 1.81 bits per heavy atom. The summed E-state index contributed by atoms with van der Waals surface area (Å²) in [6.45, 7) is 3.56. The molecule has 1 aliphatic heterocycles. The number of hydrogen-bond acceptors (Lipinski definition) is 5. The predicted octanol–water partition coefficient (Wildman–Crippen LogP) is 5.03. The number of hydrogen-bond donors (Lipinski definition) is 1. The van der Waals surface area contributed by atoms with Crippen molar-refractivity contribution in [1.82, 2.24) is 9.88 Å². The van der Waals surface area contributed by atoms with E-state index in [1.807, 2.05) is 0 Å². The Morgan fingerprint density at radius 3 is 2.59 bits per heavy atom. The maximum absolute atomic E-state index is 13.2. The number of nitrogens with one attached hydrogen (secondary N) is 1. The Morgan fingerprint density at radius 1 is 1.03 bits per heavy atom. The van der Waals surface area contributed by atoms with Crippen LogP contribution in [0.25, 0.3) is 10.9 Å². The van der Waals surface area contributed by atoms with E-state index in [9.17, 15) is 14.0 Å². The quantitative estimate of drug-likeness (QED) is 0.416. The number of likely N-dealkylation sites (tertiary alicyclic amines) is 1. The van der Waals surface area contributed by atoms with E-state index in [1.54, 1.807) is 30.5 Å². The Hall–Kier alpha value is -3.32. The van der Waals surface area contributed by atoms with Crippen molar-refractivity contribution in [3.63, 3.8) is 0 Å². The summed E-state index contributed by atoms with van der Waals surface area (Å²) in [5.74, 6) is -0.610. The molecule has 0 spiro atoms. The van der Waals surface area contributed by atoms with E-state index in [1.165, 1.54) is 43.5 Å². The van der Waals surface area contributed by atoms with Crippen molar-refractivity contribution in [2.24, 2.45) is 0 Å². The van der Waals surface area contributed by atoms with Crippen LogP contribution in [0.1, 0.15) is 41.6 Å². The first-order chi connectivity index (χ1) is 15.6. The van der Waals surface area contributed by atoms with Crippen molar-refractivity contribution in [2.75, 3.05) is 31.6 Å². The summed E-state index contributed by atoms with van der Waals surface area (Å²) in [6.07, 6.45) is 5.63. The average Bonchev–Trinajstić information content (AvgIpc) is 2.82. The minimum atomic E-state index is -0.512. The molecule has 32 heavy (non-hydrogen) atoms. The van der Waals surface area contributed by atoms with Crippen molar-refractivity contribution in [3.8, 4) is 0 Å². The lowest BCUT2D eigenvalue weighted by atomic mass is 9.99. The Bertz CT molecular complexity index is 1100. The zero-order chi connectivity index (χ0) is 22.3. The maximum atomic E-state index is 13.2. The summed E-state index contributed by atoms with van der Waals surface area (Å²) >= 11 is 0. The lowest BCUT2D eigenvalue weighted by Crippen LogP contribution is -2.31. The van der Waals surface area contributed by atoms with E-state index in [-0.39, 0.29) is 5.78 Å². The van der Waals surface area contributed by atoms with Crippen molar-refractivity contribution in [2.45, 2.75) is 25.7 Å². The van der Waals surface area contributed by atoms with E-state index in [0.29, 0.717) is 34.3 Å². The fourth-order valence-corrected chi connectivity index (χ4v) is 3.97. The van der Waals surface area contributed by atoms with Gasteiger partial charge in [-0.25, -0.2) is 9.18 Å². The molecule has 0 unspecified atom stereocenters. The highest BCUT2D eigenvalue weighted by molar-refractivity contribution is 6.16. The van der Waals surface area contributed by atoms with Gasteiger partial charge in [-0.2, -0.15) is 0 Å². The third kappa shape index (κ3) is 5.48. The average molecular weight is 435 g/mol. The number of benzene rings is 2. The van der Waals surface area contributed by atoms with Gasteiger partial charge in [0.1, 0.15) is 5.82 Å². The minimum absolute atomic E-state index is 0.216. The van der Waals surface area contributed by atoms with Crippen LogP contribution in [0.4, 0.5) is 14.9 Å². The first-order valence-electron chi connectivity index (χ1n) is 11.0. The van der Waals surface area contributed by atoms with Crippen LogP contribution >= 0.6 is 0 Å². The third-order valence-corrected chi connectivity index (χ3v) is 5.64. The number of piperidine rings is 1. The van der Waals surface area contributed by atoms with Crippen LogP contribution in [0.15, 0.2) is 54.7 Å². The van der Waals surface area contributed by atoms with E-state index < -0.39 is 11.9 Å². The maximum Gasteiger partial charge on any atom is 0.411 e. The minimum Gasteiger partial charge on any atom is -0.449 e. The molecule has 1 saturated heterocycles. The molecule has 0 saturated carbocycles. The van der Waals surface area contributed by atoms with Crippen molar-refractivity contribution < 1.29 is 18.7 Å². The number of ether oxygens (including phenoxy) is 1.